The van der Waals surface area contributed by atoms with Crippen molar-refractivity contribution < 1.29 is 26.9 Å². The van der Waals surface area contributed by atoms with E-state index in [1.54, 1.807) is 0 Å². The molecule has 1 aromatic heterocycles. The Bertz CT molecular complexity index is 508. The highest BCUT2D eigenvalue weighted by Crippen LogP contribution is 2.35. The van der Waals surface area contributed by atoms with Crippen LogP contribution in [0.5, 0.6) is 5.88 Å². The van der Waals surface area contributed by atoms with E-state index in [4.69, 9.17) is 9.47 Å². The second-order valence-corrected chi connectivity index (χ2v) is 4.94. The smallest absolute Gasteiger partial charge is 0.423 e. The van der Waals surface area contributed by atoms with Gasteiger partial charge in [0.15, 0.2) is 0 Å². The molecule has 0 amide bonds. The molecule has 1 heterocycles. The van der Waals surface area contributed by atoms with E-state index >= 15 is 0 Å². The van der Waals surface area contributed by atoms with E-state index in [-0.39, 0.29) is 11.8 Å². The van der Waals surface area contributed by atoms with Gasteiger partial charge in [-0.3, -0.25) is 4.21 Å². The third-order valence-electron chi connectivity index (χ3n) is 2.15. The number of hydrogen-bond donors (Lipinski definition) is 0. The average molecular weight is 310 g/mol. The molecule has 20 heavy (non-hydrogen) atoms. The Morgan fingerprint density at radius 1 is 1.55 bits per heavy atom. The Balaban J connectivity index is 3.20. The van der Waals surface area contributed by atoms with Crippen LogP contribution in [0.4, 0.5) is 13.2 Å². The molecule has 1 unspecified atom stereocenters. The summed E-state index contributed by atoms with van der Waals surface area (Å²) >= 11 is 0. The number of methoxy groups -OCH3 is 1. The van der Waals surface area contributed by atoms with Crippen molar-refractivity contribution in [2.45, 2.75) is 17.4 Å². The third kappa shape index (κ3) is 4.27. The van der Waals surface area contributed by atoms with Crippen LogP contribution in [0.3, 0.4) is 0 Å². The average Bonchev–Trinajstić information content (AvgIpc) is 2.36. The van der Waals surface area contributed by atoms with Crippen LogP contribution in [0.2, 0.25) is 0 Å². The van der Waals surface area contributed by atoms with Gasteiger partial charge in [0.2, 0.25) is 11.0 Å². The van der Waals surface area contributed by atoms with Crippen LogP contribution in [0.25, 0.3) is 0 Å². The predicted molar refractivity (Wildman–Crippen MR) is 65.9 cm³/mol. The van der Waals surface area contributed by atoms with Gasteiger partial charge in [0.05, 0.1) is 17.4 Å². The summed E-state index contributed by atoms with van der Waals surface area (Å²) in [6.45, 7) is 3.44. The Kier molecular flexibility index (Phi) is 5.63. The molecule has 0 N–H and O–H groups in total. The maximum atomic E-state index is 12.8. The molecule has 0 aromatic carbocycles. The monoisotopic (exact) mass is 310 g/mol. The predicted octanol–water partition coefficient (Wildman–Crippen LogP) is 1.81. The van der Waals surface area contributed by atoms with Crippen LogP contribution < -0.4 is 4.74 Å². The van der Waals surface area contributed by atoms with Crippen LogP contribution in [0, 0.1) is 0 Å². The lowest BCUT2D eigenvalue weighted by Crippen LogP contribution is -2.23. The van der Waals surface area contributed by atoms with E-state index in [0.29, 0.717) is 6.20 Å². The molecule has 1 aromatic rings. The lowest BCUT2D eigenvalue weighted by Gasteiger charge is -2.17. The first-order chi connectivity index (χ1) is 9.29. The number of halogens is 3. The van der Waals surface area contributed by atoms with Gasteiger partial charge in [-0.25, -0.2) is 4.98 Å². The Morgan fingerprint density at radius 2 is 2.20 bits per heavy atom. The number of ether oxygens (including phenoxy) is 2. The van der Waals surface area contributed by atoms with Crippen LogP contribution in [-0.2, 0) is 21.7 Å². The van der Waals surface area contributed by atoms with Crippen LogP contribution >= 0.6 is 0 Å². The molecule has 0 aliphatic rings. The first-order valence-electron chi connectivity index (χ1n) is 5.35. The Morgan fingerprint density at radius 3 is 2.65 bits per heavy atom. The molecule has 0 saturated heterocycles. The third-order valence-corrected chi connectivity index (χ3v) is 2.86. The van der Waals surface area contributed by atoms with Crippen LogP contribution in [0.15, 0.2) is 24.0 Å². The minimum Gasteiger partial charge on any atom is -0.467 e. The number of nitrogens with zero attached hydrogens (tertiary/aromatic N) is 2. The molecule has 0 aliphatic carbocycles. The molecule has 1 rings (SSSR count). The summed E-state index contributed by atoms with van der Waals surface area (Å²) in [6, 6.07) is 0. The van der Waals surface area contributed by atoms with Crippen molar-refractivity contribution in [1.29, 1.82) is 0 Å². The summed E-state index contributed by atoms with van der Waals surface area (Å²) in [7, 11) is -0.249. The van der Waals surface area contributed by atoms with Crippen molar-refractivity contribution in [3.8, 4) is 5.88 Å². The fourth-order valence-electron chi connectivity index (χ4n) is 1.23. The van der Waals surface area contributed by atoms with E-state index in [1.165, 1.54) is 19.4 Å². The van der Waals surface area contributed by atoms with E-state index < -0.39 is 34.5 Å². The van der Waals surface area contributed by atoms with Gasteiger partial charge < -0.3 is 9.47 Å². The van der Waals surface area contributed by atoms with Crippen molar-refractivity contribution >= 4 is 10.8 Å². The van der Waals surface area contributed by atoms with Crippen molar-refractivity contribution in [2.24, 2.45) is 0 Å². The van der Waals surface area contributed by atoms with Crippen molar-refractivity contribution in [2.75, 3.05) is 20.0 Å². The minimum atomic E-state index is -4.68. The molecule has 0 fully saturated rings. The first kappa shape index (κ1) is 16.6. The lowest BCUT2D eigenvalue weighted by atomic mass is 10.3. The van der Waals surface area contributed by atoms with E-state index in [1.807, 2.05) is 0 Å². The first-order valence-corrected chi connectivity index (χ1v) is 6.91. The zero-order valence-corrected chi connectivity index (χ0v) is 11.6. The fraction of sp³-hybridized carbons (Fsp3) is 0.455. The highest BCUT2D eigenvalue weighted by Gasteiger charge is 2.37. The summed E-state index contributed by atoms with van der Waals surface area (Å²) in [4.78, 5) is 6.97. The molecule has 0 saturated carbocycles. The molecular formula is C11H13F3N2O3S. The second-order valence-electron chi connectivity index (χ2n) is 3.67. The Labute approximate surface area is 116 Å². The van der Waals surface area contributed by atoms with Crippen LogP contribution in [-0.4, -0.2) is 40.3 Å². The molecule has 0 aliphatic heterocycles. The quantitative estimate of drug-likeness (QED) is 0.592. The molecule has 2 atom stereocenters. The summed E-state index contributed by atoms with van der Waals surface area (Å²) < 4.78 is 59.6. The summed E-state index contributed by atoms with van der Waals surface area (Å²) in [5, 5.41) is -0.242. The molecular weight excluding hydrogens is 297 g/mol. The number of rotatable bonds is 6. The highest BCUT2D eigenvalue weighted by molar-refractivity contribution is 7.84. The van der Waals surface area contributed by atoms with Gasteiger partial charge in [0, 0.05) is 19.6 Å². The standard InChI is InChI=1S/C11H13F3N2O3S/c1-4-7(6-18-2)19-9-8(11(12,13)14)5-15-10(16-9)20(3)17/h4-5,7H,1,6H2,2-3H3/t7-,20?/m1/s1. The summed E-state index contributed by atoms with van der Waals surface area (Å²) in [6.07, 6.45) is -2.40. The van der Waals surface area contributed by atoms with Gasteiger partial charge in [-0.15, -0.1) is 0 Å². The SMILES string of the molecule is C=C[C@H](COC)Oc1nc(S(C)=O)ncc1C(F)(F)F. The zero-order chi connectivity index (χ0) is 15.3. The summed E-state index contributed by atoms with van der Waals surface area (Å²) in [5.41, 5.74) is -1.14. The minimum absolute atomic E-state index is 0.00927. The molecule has 0 radical (unpaired) electrons. The van der Waals surface area contributed by atoms with Gasteiger partial charge in [-0.05, 0) is 6.08 Å². The van der Waals surface area contributed by atoms with Gasteiger partial charge in [-0.1, -0.05) is 6.58 Å². The maximum absolute atomic E-state index is 12.8. The maximum Gasteiger partial charge on any atom is 0.423 e. The van der Waals surface area contributed by atoms with E-state index in [0.717, 1.165) is 0 Å². The van der Waals surface area contributed by atoms with Gasteiger partial charge in [0.1, 0.15) is 11.7 Å². The van der Waals surface area contributed by atoms with Crippen molar-refractivity contribution in [3.05, 3.63) is 24.4 Å². The topological polar surface area (TPSA) is 61.3 Å². The van der Waals surface area contributed by atoms with Crippen molar-refractivity contribution in [3.63, 3.8) is 0 Å². The second kappa shape index (κ2) is 6.80. The molecule has 9 heteroatoms. The molecule has 0 bridgehead atoms. The van der Waals surface area contributed by atoms with E-state index in [9.17, 15) is 17.4 Å². The highest BCUT2D eigenvalue weighted by atomic mass is 32.2. The lowest BCUT2D eigenvalue weighted by molar-refractivity contribution is -0.140. The van der Waals surface area contributed by atoms with Crippen LogP contribution in [0.1, 0.15) is 5.56 Å². The van der Waals surface area contributed by atoms with Gasteiger partial charge in [-0.2, -0.15) is 18.2 Å². The van der Waals surface area contributed by atoms with Crippen molar-refractivity contribution in [1.82, 2.24) is 9.97 Å². The van der Waals surface area contributed by atoms with Gasteiger partial charge >= 0.3 is 6.18 Å². The molecule has 0 spiro atoms. The Hall–Kier alpha value is -1.48. The largest absolute Gasteiger partial charge is 0.467 e. The number of aromatic nitrogens is 2. The molecule has 5 nitrogen and oxygen atoms in total. The van der Waals surface area contributed by atoms with E-state index in [2.05, 4.69) is 16.5 Å². The van der Waals surface area contributed by atoms with Gasteiger partial charge in [0.25, 0.3) is 0 Å². The summed E-state index contributed by atoms with van der Waals surface area (Å²) in [5.74, 6) is -0.695. The number of hydrogen-bond acceptors (Lipinski definition) is 5. The fourth-order valence-corrected chi connectivity index (χ4v) is 1.64. The normalized spacial score (nSPS) is 14.7. The zero-order valence-electron chi connectivity index (χ0n) is 10.8. The number of alkyl halides is 3. The molecule has 112 valence electrons.